The molecule has 0 amide bonds. The summed E-state index contributed by atoms with van der Waals surface area (Å²) in [4.78, 5) is 11.6. The van der Waals surface area contributed by atoms with E-state index in [-0.39, 0.29) is 16.6 Å². The van der Waals surface area contributed by atoms with Gasteiger partial charge in [-0.05, 0) is 31.5 Å². The highest BCUT2D eigenvalue weighted by atomic mass is 35.7. The first-order valence-corrected chi connectivity index (χ1v) is 7.91. The van der Waals surface area contributed by atoms with Crippen LogP contribution in [0.15, 0.2) is 29.2 Å². The SMILES string of the molecule is CCCC(C)OC(=O)c1cccc(S(=O)(=O)Cl)c1. The first-order chi connectivity index (χ1) is 8.34. The summed E-state index contributed by atoms with van der Waals surface area (Å²) in [6, 6.07) is 5.49. The number of esters is 1. The second-order valence-electron chi connectivity index (χ2n) is 3.97. The number of hydrogen-bond acceptors (Lipinski definition) is 4. The molecule has 0 aliphatic carbocycles. The zero-order valence-corrected chi connectivity index (χ0v) is 11.8. The van der Waals surface area contributed by atoms with Crippen LogP contribution in [0.3, 0.4) is 0 Å². The molecule has 0 aliphatic rings. The largest absolute Gasteiger partial charge is 0.459 e. The number of carbonyl (C=O) groups excluding carboxylic acids is 1. The summed E-state index contributed by atoms with van der Waals surface area (Å²) < 4.78 is 27.5. The van der Waals surface area contributed by atoms with Crippen LogP contribution in [-0.2, 0) is 13.8 Å². The topological polar surface area (TPSA) is 60.4 Å². The fourth-order valence-electron chi connectivity index (χ4n) is 1.49. The molecule has 4 nitrogen and oxygen atoms in total. The third kappa shape index (κ3) is 4.31. The second kappa shape index (κ2) is 6.20. The molecule has 0 fully saturated rings. The van der Waals surface area contributed by atoms with E-state index < -0.39 is 15.0 Å². The van der Waals surface area contributed by atoms with Crippen molar-refractivity contribution in [1.82, 2.24) is 0 Å². The van der Waals surface area contributed by atoms with Crippen LogP contribution in [-0.4, -0.2) is 20.5 Å². The van der Waals surface area contributed by atoms with Crippen molar-refractivity contribution >= 4 is 25.7 Å². The molecule has 0 aromatic heterocycles. The van der Waals surface area contributed by atoms with Crippen molar-refractivity contribution in [1.29, 1.82) is 0 Å². The van der Waals surface area contributed by atoms with E-state index >= 15 is 0 Å². The Morgan fingerprint density at radius 3 is 2.67 bits per heavy atom. The summed E-state index contributed by atoms with van der Waals surface area (Å²) in [5.41, 5.74) is 0.180. The fourth-order valence-corrected chi connectivity index (χ4v) is 2.29. The molecule has 6 heteroatoms. The molecule has 1 rings (SSSR count). The quantitative estimate of drug-likeness (QED) is 0.618. The van der Waals surface area contributed by atoms with Crippen molar-refractivity contribution in [3.8, 4) is 0 Å². The van der Waals surface area contributed by atoms with Crippen molar-refractivity contribution in [3.63, 3.8) is 0 Å². The number of benzene rings is 1. The highest BCUT2D eigenvalue weighted by molar-refractivity contribution is 8.13. The van der Waals surface area contributed by atoms with Crippen LogP contribution >= 0.6 is 10.7 Å². The molecular formula is C12H15ClO4S. The number of rotatable bonds is 5. The smallest absolute Gasteiger partial charge is 0.338 e. The van der Waals surface area contributed by atoms with Crippen LogP contribution in [0.1, 0.15) is 37.0 Å². The van der Waals surface area contributed by atoms with Crippen molar-refractivity contribution < 1.29 is 17.9 Å². The Bertz CT molecular complexity index is 525. The van der Waals surface area contributed by atoms with Crippen LogP contribution in [0.2, 0.25) is 0 Å². The Morgan fingerprint density at radius 2 is 2.11 bits per heavy atom. The van der Waals surface area contributed by atoms with Gasteiger partial charge in [0.15, 0.2) is 0 Å². The average Bonchev–Trinajstić information content (AvgIpc) is 2.28. The predicted octanol–water partition coefficient (Wildman–Crippen LogP) is 2.96. The van der Waals surface area contributed by atoms with Crippen LogP contribution in [0.25, 0.3) is 0 Å². The summed E-state index contributed by atoms with van der Waals surface area (Å²) in [6.45, 7) is 3.79. The average molecular weight is 291 g/mol. The maximum atomic E-state index is 11.7. The highest BCUT2D eigenvalue weighted by Gasteiger charge is 2.15. The summed E-state index contributed by atoms with van der Waals surface area (Å²) in [5.74, 6) is -0.543. The minimum absolute atomic E-state index is 0.109. The van der Waals surface area contributed by atoms with Crippen LogP contribution in [0.4, 0.5) is 0 Å². The zero-order valence-electron chi connectivity index (χ0n) is 10.2. The van der Waals surface area contributed by atoms with Gasteiger partial charge < -0.3 is 4.74 Å². The van der Waals surface area contributed by atoms with E-state index in [1.807, 2.05) is 6.92 Å². The Hall–Kier alpha value is -1.07. The van der Waals surface area contributed by atoms with E-state index in [0.29, 0.717) is 0 Å². The molecule has 0 aliphatic heterocycles. The maximum absolute atomic E-state index is 11.7. The standard InChI is InChI=1S/C12H15ClO4S/c1-3-5-9(2)17-12(14)10-6-4-7-11(8-10)18(13,15)16/h4,6-9H,3,5H2,1-2H3. The number of carbonyl (C=O) groups is 1. The summed E-state index contributed by atoms with van der Waals surface area (Å²) >= 11 is 0. The molecule has 0 saturated heterocycles. The van der Waals surface area contributed by atoms with E-state index in [1.54, 1.807) is 6.92 Å². The van der Waals surface area contributed by atoms with Gasteiger partial charge in [0.2, 0.25) is 0 Å². The molecule has 0 saturated carbocycles. The normalized spacial score (nSPS) is 13.1. The van der Waals surface area contributed by atoms with Crippen molar-refractivity contribution in [3.05, 3.63) is 29.8 Å². The number of halogens is 1. The number of ether oxygens (including phenoxy) is 1. The molecule has 0 heterocycles. The lowest BCUT2D eigenvalue weighted by molar-refractivity contribution is 0.0323. The first kappa shape index (κ1) is 15.0. The van der Waals surface area contributed by atoms with E-state index in [1.165, 1.54) is 24.3 Å². The molecular weight excluding hydrogens is 276 g/mol. The molecule has 1 aromatic carbocycles. The Morgan fingerprint density at radius 1 is 1.44 bits per heavy atom. The van der Waals surface area contributed by atoms with E-state index in [0.717, 1.165) is 12.8 Å². The van der Waals surface area contributed by atoms with Gasteiger partial charge in [-0.15, -0.1) is 0 Å². The van der Waals surface area contributed by atoms with Crippen LogP contribution < -0.4 is 0 Å². The van der Waals surface area contributed by atoms with Gasteiger partial charge >= 0.3 is 5.97 Å². The van der Waals surface area contributed by atoms with Crippen LogP contribution in [0, 0.1) is 0 Å². The van der Waals surface area contributed by atoms with Crippen molar-refractivity contribution in [2.75, 3.05) is 0 Å². The van der Waals surface area contributed by atoms with Gasteiger partial charge in [-0.2, -0.15) is 0 Å². The number of hydrogen-bond donors (Lipinski definition) is 0. The Balaban J connectivity index is 2.87. The van der Waals surface area contributed by atoms with Crippen molar-refractivity contribution in [2.24, 2.45) is 0 Å². The van der Waals surface area contributed by atoms with Gasteiger partial charge in [0.05, 0.1) is 16.6 Å². The van der Waals surface area contributed by atoms with Gasteiger partial charge in [-0.1, -0.05) is 19.4 Å². The highest BCUT2D eigenvalue weighted by Crippen LogP contribution is 2.17. The molecule has 1 unspecified atom stereocenters. The zero-order chi connectivity index (χ0) is 13.8. The molecule has 0 radical (unpaired) electrons. The molecule has 1 atom stereocenters. The molecule has 0 bridgehead atoms. The summed E-state index contributed by atoms with van der Waals surface area (Å²) in [7, 11) is 1.38. The van der Waals surface area contributed by atoms with E-state index in [9.17, 15) is 13.2 Å². The van der Waals surface area contributed by atoms with E-state index in [4.69, 9.17) is 15.4 Å². The molecule has 0 N–H and O–H groups in total. The van der Waals surface area contributed by atoms with Crippen LogP contribution in [0.5, 0.6) is 0 Å². The third-order valence-electron chi connectivity index (χ3n) is 2.35. The van der Waals surface area contributed by atoms with Gasteiger partial charge in [-0.25, -0.2) is 13.2 Å². The Kier molecular flexibility index (Phi) is 5.16. The summed E-state index contributed by atoms with van der Waals surface area (Å²) in [5, 5.41) is 0. The van der Waals surface area contributed by atoms with E-state index in [2.05, 4.69) is 0 Å². The first-order valence-electron chi connectivity index (χ1n) is 5.60. The third-order valence-corrected chi connectivity index (χ3v) is 3.71. The molecule has 100 valence electrons. The molecule has 18 heavy (non-hydrogen) atoms. The lowest BCUT2D eigenvalue weighted by Crippen LogP contribution is -2.15. The second-order valence-corrected chi connectivity index (χ2v) is 6.54. The Labute approximate surface area is 111 Å². The lowest BCUT2D eigenvalue weighted by atomic mass is 10.2. The summed E-state index contributed by atoms with van der Waals surface area (Å²) in [6.07, 6.45) is 1.47. The molecule has 0 spiro atoms. The minimum atomic E-state index is -3.83. The maximum Gasteiger partial charge on any atom is 0.338 e. The minimum Gasteiger partial charge on any atom is -0.459 e. The monoisotopic (exact) mass is 290 g/mol. The van der Waals surface area contributed by atoms with Gasteiger partial charge in [0.25, 0.3) is 9.05 Å². The van der Waals surface area contributed by atoms with Crippen molar-refractivity contribution in [2.45, 2.75) is 37.7 Å². The van der Waals surface area contributed by atoms with Gasteiger partial charge in [-0.3, -0.25) is 0 Å². The fraction of sp³-hybridized carbons (Fsp3) is 0.417. The van der Waals surface area contributed by atoms with Gasteiger partial charge in [0.1, 0.15) is 0 Å². The molecule has 1 aromatic rings. The lowest BCUT2D eigenvalue weighted by Gasteiger charge is -2.12. The van der Waals surface area contributed by atoms with Gasteiger partial charge in [0, 0.05) is 10.7 Å². The predicted molar refractivity (Wildman–Crippen MR) is 69.3 cm³/mol.